The van der Waals surface area contributed by atoms with E-state index in [1.54, 1.807) is 84.9 Å². The molecule has 0 bridgehead atoms. The Morgan fingerprint density at radius 2 is 1.63 bits per heavy atom. The Kier molecular flexibility index (Phi) is 9.36. The highest BCUT2D eigenvalue weighted by Crippen LogP contribution is 2.37. The van der Waals surface area contributed by atoms with Crippen LogP contribution in [0.3, 0.4) is 0 Å². The number of halogens is 2. The van der Waals surface area contributed by atoms with Gasteiger partial charge in [0.2, 0.25) is 0 Å². The van der Waals surface area contributed by atoms with Crippen molar-refractivity contribution >= 4 is 74.3 Å². The van der Waals surface area contributed by atoms with Crippen molar-refractivity contribution in [2.24, 2.45) is 5.10 Å². The number of hydrogen-bond acceptors (Lipinski definition) is 7. The highest BCUT2D eigenvalue weighted by molar-refractivity contribution is 7.21. The predicted octanol–water partition coefficient (Wildman–Crippen LogP) is 7.84. The van der Waals surface area contributed by atoms with E-state index in [4.69, 9.17) is 32.7 Å². The van der Waals surface area contributed by atoms with E-state index >= 15 is 0 Å². The number of hydrogen-bond donors (Lipinski definition) is 2. The number of carbonyl (C=O) groups excluding carboxylic acids is 3. The molecule has 1 aromatic heterocycles. The van der Waals surface area contributed by atoms with E-state index in [2.05, 4.69) is 15.8 Å². The second-order valence-electron chi connectivity index (χ2n) is 9.01. The first kappa shape index (κ1) is 29.8. The largest absolute Gasteiger partial charge is 0.490 e. The van der Waals surface area contributed by atoms with Gasteiger partial charge < -0.3 is 14.8 Å². The Labute approximate surface area is 260 Å². The average molecular weight is 633 g/mol. The fourth-order valence-corrected chi connectivity index (χ4v) is 5.69. The van der Waals surface area contributed by atoms with Crippen LogP contribution in [0.25, 0.3) is 10.1 Å². The molecule has 0 saturated heterocycles. The van der Waals surface area contributed by atoms with Crippen molar-refractivity contribution in [2.45, 2.75) is 6.92 Å². The van der Waals surface area contributed by atoms with Crippen molar-refractivity contribution in [1.29, 1.82) is 0 Å². The predicted molar refractivity (Wildman–Crippen MR) is 170 cm³/mol. The SMILES string of the molecule is CCOc1cc(/C=N\NC(=O)c2ccc(NC(=O)c3sc4cc(Cl)ccc4c3Cl)cc2)ccc1OC(=O)c1ccccc1. The summed E-state index contributed by atoms with van der Waals surface area (Å²) in [6, 6.07) is 25.2. The van der Waals surface area contributed by atoms with Crippen LogP contribution >= 0.6 is 34.5 Å². The summed E-state index contributed by atoms with van der Waals surface area (Å²) in [5.74, 6) is -0.688. The maximum atomic E-state index is 12.8. The van der Waals surface area contributed by atoms with Crippen molar-refractivity contribution in [3.8, 4) is 11.5 Å². The van der Waals surface area contributed by atoms with Gasteiger partial charge in [-0.15, -0.1) is 11.3 Å². The molecule has 11 heteroatoms. The van der Waals surface area contributed by atoms with E-state index in [1.165, 1.54) is 17.6 Å². The highest BCUT2D eigenvalue weighted by atomic mass is 35.5. The van der Waals surface area contributed by atoms with Crippen molar-refractivity contribution < 1.29 is 23.9 Å². The monoisotopic (exact) mass is 631 g/mol. The van der Waals surface area contributed by atoms with Crippen molar-refractivity contribution in [3.05, 3.63) is 123 Å². The van der Waals surface area contributed by atoms with Crippen LogP contribution in [0.5, 0.6) is 11.5 Å². The van der Waals surface area contributed by atoms with E-state index in [-0.39, 0.29) is 11.7 Å². The lowest BCUT2D eigenvalue weighted by Gasteiger charge is -2.11. The normalized spacial score (nSPS) is 11.0. The maximum Gasteiger partial charge on any atom is 0.343 e. The molecule has 8 nitrogen and oxygen atoms in total. The van der Waals surface area contributed by atoms with Crippen LogP contribution in [0.1, 0.15) is 42.9 Å². The van der Waals surface area contributed by atoms with Crippen LogP contribution in [0, 0.1) is 0 Å². The Hall–Kier alpha value is -4.70. The first-order chi connectivity index (χ1) is 20.8. The molecule has 43 heavy (non-hydrogen) atoms. The molecule has 5 rings (SSSR count). The fraction of sp³-hybridized carbons (Fsp3) is 0.0625. The van der Waals surface area contributed by atoms with Gasteiger partial charge >= 0.3 is 5.97 Å². The molecule has 0 fully saturated rings. The Balaban J connectivity index is 1.19. The first-order valence-corrected chi connectivity index (χ1v) is 14.6. The van der Waals surface area contributed by atoms with Crippen LogP contribution in [0.15, 0.2) is 96.1 Å². The number of nitrogens with one attached hydrogen (secondary N) is 2. The second-order valence-corrected chi connectivity index (χ2v) is 10.9. The average Bonchev–Trinajstić information content (AvgIpc) is 3.34. The Morgan fingerprint density at radius 3 is 2.37 bits per heavy atom. The van der Waals surface area contributed by atoms with Gasteiger partial charge in [0.25, 0.3) is 11.8 Å². The molecule has 1 heterocycles. The van der Waals surface area contributed by atoms with Gasteiger partial charge in [0, 0.05) is 26.4 Å². The zero-order valence-corrected chi connectivity index (χ0v) is 24.9. The summed E-state index contributed by atoms with van der Waals surface area (Å²) in [6.07, 6.45) is 1.44. The molecule has 0 saturated carbocycles. The number of esters is 1. The number of ether oxygens (including phenoxy) is 2. The molecule has 216 valence electrons. The van der Waals surface area contributed by atoms with Gasteiger partial charge in [-0.05, 0) is 79.2 Å². The van der Waals surface area contributed by atoms with Gasteiger partial charge in [-0.25, -0.2) is 10.2 Å². The molecule has 0 aliphatic rings. The smallest absolute Gasteiger partial charge is 0.343 e. The van der Waals surface area contributed by atoms with Gasteiger partial charge in [-0.3, -0.25) is 9.59 Å². The fourth-order valence-electron chi connectivity index (χ4n) is 4.00. The second kappa shape index (κ2) is 13.5. The molecule has 0 spiro atoms. The zero-order chi connectivity index (χ0) is 30.3. The lowest BCUT2D eigenvalue weighted by atomic mass is 10.2. The number of fused-ring (bicyclic) bond motifs is 1. The molecule has 0 aliphatic carbocycles. The van der Waals surface area contributed by atoms with Gasteiger partial charge in [-0.1, -0.05) is 47.5 Å². The summed E-state index contributed by atoms with van der Waals surface area (Å²) in [5, 5.41) is 8.50. The Morgan fingerprint density at radius 1 is 0.860 bits per heavy atom. The minimum atomic E-state index is -0.505. The van der Waals surface area contributed by atoms with Gasteiger partial charge in [0.15, 0.2) is 11.5 Å². The summed E-state index contributed by atoms with van der Waals surface area (Å²) in [5.41, 5.74) is 4.33. The third-order valence-corrected chi connectivity index (χ3v) is 7.95. The first-order valence-electron chi connectivity index (χ1n) is 13.0. The third kappa shape index (κ3) is 7.21. The van der Waals surface area contributed by atoms with Gasteiger partial charge in [0.05, 0.1) is 23.4 Å². The van der Waals surface area contributed by atoms with E-state index < -0.39 is 11.9 Å². The van der Waals surface area contributed by atoms with Gasteiger partial charge in [-0.2, -0.15) is 5.10 Å². The van der Waals surface area contributed by atoms with Crippen molar-refractivity contribution in [2.75, 3.05) is 11.9 Å². The van der Waals surface area contributed by atoms with Crippen molar-refractivity contribution in [1.82, 2.24) is 5.43 Å². The molecule has 0 aliphatic heterocycles. The topological polar surface area (TPSA) is 106 Å². The molecular weight excluding hydrogens is 609 g/mol. The van der Waals surface area contributed by atoms with Crippen molar-refractivity contribution in [3.63, 3.8) is 0 Å². The maximum absolute atomic E-state index is 12.8. The number of hydrazone groups is 1. The number of carbonyl (C=O) groups is 3. The molecule has 0 atom stereocenters. The number of rotatable bonds is 9. The lowest BCUT2D eigenvalue weighted by Crippen LogP contribution is -2.17. The third-order valence-electron chi connectivity index (χ3n) is 6.06. The number of nitrogens with zero attached hydrogens (tertiary/aromatic N) is 1. The molecule has 0 radical (unpaired) electrons. The highest BCUT2D eigenvalue weighted by Gasteiger charge is 2.18. The summed E-state index contributed by atoms with van der Waals surface area (Å²) in [4.78, 5) is 38.3. The van der Waals surface area contributed by atoms with Crippen LogP contribution in [0.4, 0.5) is 5.69 Å². The Bertz CT molecular complexity index is 1840. The molecule has 5 aromatic rings. The minimum Gasteiger partial charge on any atom is -0.490 e. The van der Waals surface area contributed by atoms with Crippen LogP contribution < -0.4 is 20.2 Å². The molecule has 0 unspecified atom stereocenters. The van der Waals surface area contributed by atoms with E-state index in [1.807, 2.05) is 13.0 Å². The molecule has 2 N–H and O–H groups in total. The number of thiophene rings is 1. The summed E-state index contributed by atoms with van der Waals surface area (Å²) in [6.45, 7) is 2.17. The number of anilines is 1. The summed E-state index contributed by atoms with van der Waals surface area (Å²) in [7, 11) is 0. The quantitative estimate of drug-likeness (QED) is 0.0746. The standard InChI is InChI=1S/C32H23Cl2N3O5S/c1-2-41-26-16-19(8-15-25(26)42-32(40)21-6-4-3-5-7-21)18-35-37-30(38)20-9-12-23(13-10-20)36-31(39)29-28(34)24-14-11-22(33)17-27(24)43-29/h3-18H,2H2,1H3,(H,36,39)(H,37,38)/b35-18-. The van der Waals surface area contributed by atoms with Gasteiger partial charge in [0.1, 0.15) is 4.88 Å². The van der Waals surface area contributed by atoms with E-state index in [9.17, 15) is 14.4 Å². The lowest BCUT2D eigenvalue weighted by molar-refractivity contribution is 0.0728. The summed E-state index contributed by atoms with van der Waals surface area (Å²) >= 11 is 13.7. The van der Waals surface area contributed by atoms with Crippen LogP contribution in [-0.2, 0) is 0 Å². The van der Waals surface area contributed by atoms with E-state index in [0.29, 0.717) is 49.7 Å². The number of benzene rings is 4. The van der Waals surface area contributed by atoms with Crippen LogP contribution in [-0.4, -0.2) is 30.6 Å². The van der Waals surface area contributed by atoms with Crippen LogP contribution in [0.2, 0.25) is 10.0 Å². The molecule has 2 amide bonds. The van der Waals surface area contributed by atoms with E-state index in [0.717, 1.165) is 10.1 Å². The summed E-state index contributed by atoms with van der Waals surface area (Å²) < 4.78 is 12.0. The molecule has 4 aromatic carbocycles. The zero-order valence-electron chi connectivity index (χ0n) is 22.6. The molecular formula is C32H23Cl2N3O5S. The minimum absolute atomic E-state index is 0.267. The number of amides is 2.